The first-order chi connectivity index (χ1) is 9.51. The summed E-state index contributed by atoms with van der Waals surface area (Å²) in [5.41, 5.74) is 1.40. The Bertz CT molecular complexity index is 703. The maximum atomic E-state index is 9.26. The predicted molar refractivity (Wildman–Crippen MR) is 81.7 cm³/mol. The molecule has 0 atom stereocenters. The fraction of sp³-hybridized carbons (Fsp3) is 0.154. The van der Waals surface area contributed by atoms with Gasteiger partial charge >= 0.3 is 0 Å². The van der Waals surface area contributed by atoms with E-state index in [1.165, 1.54) is 0 Å². The van der Waals surface area contributed by atoms with Gasteiger partial charge in [-0.3, -0.25) is 0 Å². The minimum atomic E-state index is -0.135. The van der Waals surface area contributed by atoms with Gasteiger partial charge in [0, 0.05) is 12.1 Å². The lowest BCUT2D eigenvalue weighted by molar-refractivity contribution is 0.277. The first kappa shape index (κ1) is 15.5. The number of aliphatic hydroxyl groups excluding tert-OH is 1. The Morgan fingerprint density at radius 2 is 1.85 bits per heavy atom. The predicted octanol–water partition coefficient (Wildman–Crippen LogP) is 4.63. The molecule has 2 aromatic rings. The van der Waals surface area contributed by atoms with Gasteiger partial charge in [-0.15, -0.1) is 0 Å². The van der Waals surface area contributed by atoms with Gasteiger partial charge in [-0.25, -0.2) is 0 Å². The molecule has 0 aliphatic carbocycles. The molecule has 20 heavy (non-hydrogen) atoms. The number of hydrogen-bond acceptors (Lipinski definition) is 2. The van der Waals surface area contributed by atoms with Crippen molar-refractivity contribution >= 4 is 46.4 Å². The summed E-state index contributed by atoms with van der Waals surface area (Å²) >= 11 is 24.0. The van der Waals surface area contributed by atoms with Crippen molar-refractivity contribution in [1.29, 1.82) is 5.26 Å². The Labute approximate surface area is 135 Å². The maximum absolute atomic E-state index is 9.26. The number of halogens is 4. The highest BCUT2D eigenvalue weighted by molar-refractivity contribution is 6.43. The van der Waals surface area contributed by atoms with Crippen LogP contribution in [0, 0.1) is 11.3 Å². The van der Waals surface area contributed by atoms with E-state index in [0.29, 0.717) is 21.3 Å². The van der Waals surface area contributed by atoms with E-state index in [1.807, 2.05) is 6.07 Å². The average Bonchev–Trinajstić information content (AvgIpc) is 2.67. The van der Waals surface area contributed by atoms with E-state index in [1.54, 1.807) is 22.8 Å². The Hall–Kier alpha value is -0.890. The Kier molecular flexibility index (Phi) is 4.85. The van der Waals surface area contributed by atoms with Crippen LogP contribution < -0.4 is 0 Å². The van der Waals surface area contributed by atoms with Crippen LogP contribution in [0.25, 0.3) is 11.3 Å². The molecule has 1 aromatic carbocycles. The van der Waals surface area contributed by atoms with Crippen LogP contribution in [0.15, 0.2) is 18.2 Å². The molecule has 3 nitrogen and oxygen atoms in total. The van der Waals surface area contributed by atoms with Crippen LogP contribution in [-0.2, 0) is 6.54 Å². The fourth-order valence-electron chi connectivity index (χ4n) is 1.91. The van der Waals surface area contributed by atoms with E-state index in [4.69, 9.17) is 51.5 Å². The zero-order chi connectivity index (χ0) is 14.9. The second kappa shape index (κ2) is 6.26. The van der Waals surface area contributed by atoms with Gasteiger partial charge in [0.05, 0.1) is 32.9 Å². The van der Waals surface area contributed by atoms with E-state index in [9.17, 15) is 5.26 Å². The molecule has 0 unspecified atom stereocenters. The molecule has 0 bridgehead atoms. The third kappa shape index (κ3) is 2.63. The standard InChI is InChI=1S/C13H8Cl4N2O/c14-9-2-1-7(5-10(9)15)12-8(6-18)11(16)13(17)19(12)3-4-20/h1-2,5,20H,3-4H2. The highest BCUT2D eigenvalue weighted by Crippen LogP contribution is 2.39. The second-order valence-electron chi connectivity index (χ2n) is 3.94. The normalized spacial score (nSPS) is 10.6. The fourth-order valence-corrected chi connectivity index (χ4v) is 2.71. The van der Waals surface area contributed by atoms with Gasteiger partial charge in [-0.05, 0) is 12.1 Å². The van der Waals surface area contributed by atoms with Crippen molar-refractivity contribution in [2.24, 2.45) is 0 Å². The second-order valence-corrected chi connectivity index (χ2v) is 5.49. The Morgan fingerprint density at radius 1 is 1.15 bits per heavy atom. The van der Waals surface area contributed by atoms with Gasteiger partial charge in [-0.2, -0.15) is 5.26 Å². The molecule has 1 heterocycles. The quantitative estimate of drug-likeness (QED) is 0.877. The molecule has 1 aromatic heterocycles. The molecule has 0 saturated heterocycles. The number of rotatable bonds is 3. The van der Waals surface area contributed by atoms with Crippen molar-refractivity contribution in [2.45, 2.75) is 6.54 Å². The van der Waals surface area contributed by atoms with E-state index >= 15 is 0 Å². The largest absolute Gasteiger partial charge is 0.395 e. The molecule has 0 saturated carbocycles. The monoisotopic (exact) mass is 348 g/mol. The van der Waals surface area contributed by atoms with Crippen molar-refractivity contribution in [3.8, 4) is 17.3 Å². The smallest absolute Gasteiger partial charge is 0.129 e. The molecule has 0 aliphatic rings. The number of hydrogen-bond donors (Lipinski definition) is 1. The summed E-state index contributed by atoms with van der Waals surface area (Å²) in [5.74, 6) is 0. The summed E-state index contributed by atoms with van der Waals surface area (Å²) in [6.45, 7) is 0.0831. The highest BCUT2D eigenvalue weighted by atomic mass is 35.5. The van der Waals surface area contributed by atoms with Gasteiger partial charge in [0.2, 0.25) is 0 Å². The van der Waals surface area contributed by atoms with E-state index in [2.05, 4.69) is 0 Å². The average molecular weight is 350 g/mol. The van der Waals surface area contributed by atoms with E-state index in [0.717, 1.165) is 0 Å². The minimum Gasteiger partial charge on any atom is -0.395 e. The molecular formula is C13H8Cl4N2O. The summed E-state index contributed by atoms with van der Waals surface area (Å²) in [7, 11) is 0. The third-order valence-corrected chi connectivity index (χ3v) is 4.37. The molecule has 2 rings (SSSR count). The number of benzene rings is 1. The Morgan fingerprint density at radius 3 is 2.40 bits per heavy atom. The first-order valence-corrected chi connectivity index (χ1v) is 7.06. The van der Waals surface area contributed by atoms with Crippen LogP contribution in [0.5, 0.6) is 0 Å². The van der Waals surface area contributed by atoms with E-state index in [-0.39, 0.29) is 28.9 Å². The highest BCUT2D eigenvalue weighted by Gasteiger charge is 2.22. The van der Waals surface area contributed by atoms with Crippen molar-refractivity contribution < 1.29 is 5.11 Å². The molecule has 0 aliphatic heterocycles. The van der Waals surface area contributed by atoms with Crippen LogP contribution in [0.3, 0.4) is 0 Å². The third-order valence-electron chi connectivity index (χ3n) is 2.77. The summed E-state index contributed by atoms with van der Waals surface area (Å²) in [6, 6.07) is 6.98. The molecule has 0 radical (unpaired) electrons. The van der Waals surface area contributed by atoms with Crippen molar-refractivity contribution in [3.63, 3.8) is 0 Å². The van der Waals surface area contributed by atoms with Crippen molar-refractivity contribution in [1.82, 2.24) is 4.57 Å². The molecule has 104 valence electrons. The van der Waals surface area contributed by atoms with Crippen LogP contribution in [0.1, 0.15) is 5.56 Å². The van der Waals surface area contributed by atoms with Gasteiger partial charge in [-0.1, -0.05) is 52.5 Å². The van der Waals surface area contributed by atoms with Crippen molar-refractivity contribution in [3.05, 3.63) is 44.0 Å². The van der Waals surface area contributed by atoms with Crippen LogP contribution in [0.2, 0.25) is 20.2 Å². The zero-order valence-corrected chi connectivity index (χ0v) is 13.0. The lowest BCUT2D eigenvalue weighted by Gasteiger charge is -2.10. The van der Waals surface area contributed by atoms with Crippen molar-refractivity contribution in [2.75, 3.05) is 6.61 Å². The van der Waals surface area contributed by atoms with Crippen LogP contribution >= 0.6 is 46.4 Å². The topological polar surface area (TPSA) is 49.0 Å². The molecule has 0 spiro atoms. The number of aliphatic hydroxyl groups is 1. The SMILES string of the molecule is N#Cc1c(Cl)c(Cl)n(CCO)c1-c1ccc(Cl)c(Cl)c1. The van der Waals surface area contributed by atoms with Crippen LogP contribution in [0.4, 0.5) is 0 Å². The number of aromatic nitrogens is 1. The molecular weight excluding hydrogens is 342 g/mol. The molecule has 0 amide bonds. The zero-order valence-electron chi connectivity index (χ0n) is 10.00. The number of nitrogens with zero attached hydrogens (tertiary/aromatic N) is 2. The summed E-state index contributed by atoms with van der Waals surface area (Å²) in [6.07, 6.45) is 0. The van der Waals surface area contributed by atoms with Gasteiger partial charge in [0.25, 0.3) is 0 Å². The lowest BCUT2D eigenvalue weighted by Crippen LogP contribution is -2.04. The molecule has 1 N–H and O–H groups in total. The summed E-state index contributed by atoms with van der Waals surface area (Å²) in [5, 5.41) is 19.5. The number of nitriles is 1. The summed E-state index contributed by atoms with van der Waals surface area (Å²) in [4.78, 5) is 0. The van der Waals surface area contributed by atoms with Gasteiger partial charge in [0.1, 0.15) is 11.2 Å². The summed E-state index contributed by atoms with van der Waals surface area (Å²) < 4.78 is 1.57. The Balaban J connectivity index is 2.74. The van der Waals surface area contributed by atoms with E-state index < -0.39 is 0 Å². The minimum absolute atomic E-state index is 0.135. The lowest BCUT2D eigenvalue weighted by atomic mass is 10.1. The first-order valence-electron chi connectivity index (χ1n) is 5.55. The van der Waals surface area contributed by atoms with Gasteiger partial charge < -0.3 is 9.67 Å². The van der Waals surface area contributed by atoms with Crippen LogP contribution in [-0.4, -0.2) is 16.3 Å². The van der Waals surface area contributed by atoms with Gasteiger partial charge in [0.15, 0.2) is 0 Å². The molecule has 0 fully saturated rings. The molecule has 7 heteroatoms. The maximum Gasteiger partial charge on any atom is 0.129 e.